The Bertz CT molecular complexity index is 1540. The second kappa shape index (κ2) is 14.7. The van der Waals surface area contributed by atoms with Gasteiger partial charge in [-0.2, -0.15) is 12.7 Å². The normalized spacial score (nSPS) is 27.1. The topological polar surface area (TPSA) is 126 Å². The molecule has 1 aromatic heterocycles. The number of nitrogens with one attached hydrogen (secondary N) is 1. The third-order valence-electron chi connectivity index (χ3n) is 11.2. The number of furan rings is 1. The number of carbonyl (C=O) groups excluding carboxylic acids is 3. The van der Waals surface area contributed by atoms with Gasteiger partial charge >= 0.3 is 16.1 Å². The van der Waals surface area contributed by atoms with Crippen LogP contribution in [0.3, 0.4) is 0 Å². The van der Waals surface area contributed by atoms with E-state index in [1.54, 1.807) is 18.2 Å². The van der Waals surface area contributed by atoms with Gasteiger partial charge in [0, 0.05) is 37.4 Å². The second-order valence-electron chi connectivity index (χ2n) is 14.1. The first-order valence-electron chi connectivity index (χ1n) is 17.5. The minimum absolute atomic E-state index is 0.0176. The molecule has 2 saturated carbocycles. The van der Waals surface area contributed by atoms with Gasteiger partial charge in [-0.1, -0.05) is 45.1 Å². The number of Topliss-reactive ketones (excluding diaryl/α,β-unsaturated/α-hetero) is 1. The molecule has 2 aromatic rings. The van der Waals surface area contributed by atoms with E-state index >= 15 is 0 Å². The zero-order valence-corrected chi connectivity index (χ0v) is 28.1. The molecule has 0 bridgehead atoms. The van der Waals surface area contributed by atoms with Crippen molar-refractivity contribution in [2.24, 2.45) is 29.6 Å². The number of rotatable bonds is 10. The number of hydrogen-bond donors (Lipinski definition) is 1. The molecule has 1 N–H and O–H groups in total. The Balaban J connectivity index is 1.16. The number of ether oxygens (including phenoxy) is 1. The second-order valence-corrected chi connectivity index (χ2v) is 15.8. The van der Waals surface area contributed by atoms with Crippen molar-refractivity contribution < 1.29 is 36.3 Å². The van der Waals surface area contributed by atoms with E-state index in [0.717, 1.165) is 67.7 Å². The number of benzene rings is 1. The maximum absolute atomic E-state index is 14.2. The fourth-order valence-corrected chi connectivity index (χ4v) is 9.56. The Morgan fingerprint density at radius 3 is 2.38 bits per heavy atom. The van der Waals surface area contributed by atoms with E-state index < -0.39 is 22.2 Å². The molecule has 3 atom stereocenters. The molecule has 2 amide bonds. The SMILES string of the molecule is C[C@H](CF)C1CCC(C(=O)N2CC[C@@H](C3CCCCC3)[C@H]2C(=O)Cc2ccc3oc(C(=O)NS(=O)(=O)N4CCOCC4)cc3c2)CC1. The Morgan fingerprint density at radius 2 is 1.68 bits per heavy atom. The van der Waals surface area contributed by atoms with E-state index in [4.69, 9.17) is 9.15 Å². The van der Waals surface area contributed by atoms with Crippen LogP contribution in [0.1, 0.15) is 87.3 Å². The lowest BCUT2D eigenvalue weighted by Gasteiger charge is -2.37. The van der Waals surface area contributed by atoms with Gasteiger partial charge in [-0.15, -0.1) is 0 Å². The Kier molecular flexibility index (Phi) is 10.7. The summed E-state index contributed by atoms with van der Waals surface area (Å²) in [5, 5.41) is 0.590. The summed E-state index contributed by atoms with van der Waals surface area (Å²) in [6.07, 6.45) is 9.91. The summed E-state index contributed by atoms with van der Waals surface area (Å²) in [6, 6.07) is 6.32. The molecule has 0 unspecified atom stereocenters. The highest BCUT2D eigenvalue weighted by Crippen LogP contribution is 2.42. The highest BCUT2D eigenvalue weighted by atomic mass is 32.2. The zero-order chi connectivity index (χ0) is 33.1. The van der Waals surface area contributed by atoms with Crippen LogP contribution in [0.4, 0.5) is 4.39 Å². The van der Waals surface area contributed by atoms with E-state index in [2.05, 4.69) is 4.72 Å². The summed E-state index contributed by atoms with van der Waals surface area (Å²) < 4.78 is 52.8. The van der Waals surface area contributed by atoms with E-state index in [1.807, 2.05) is 11.8 Å². The lowest BCUT2D eigenvalue weighted by molar-refractivity contribution is -0.143. The van der Waals surface area contributed by atoms with Crippen LogP contribution in [0.15, 0.2) is 28.7 Å². The minimum atomic E-state index is -4.04. The molecule has 2 aliphatic carbocycles. The summed E-state index contributed by atoms with van der Waals surface area (Å²) >= 11 is 0. The van der Waals surface area contributed by atoms with Crippen LogP contribution in [0.25, 0.3) is 11.0 Å². The highest BCUT2D eigenvalue weighted by molar-refractivity contribution is 7.87. The lowest BCUT2D eigenvalue weighted by atomic mass is 9.74. The van der Waals surface area contributed by atoms with Crippen LogP contribution in [0.2, 0.25) is 0 Å². The highest BCUT2D eigenvalue weighted by Gasteiger charge is 2.46. The molecular formula is C35H48FN3O7S. The third kappa shape index (κ3) is 7.59. The number of halogens is 1. The van der Waals surface area contributed by atoms with Crippen LogP contribution in [-0.2, 0) is 31.0 Å². The summed E-state index contributed by atoms with van der Waals surface area (Å²) in [5.74, 6) is -0.0896. The summed E-state index contributed by atoms with van der Waals surface area (Å²) in [4.78, 5) is 42.9. The number of nitrogens with zero attached hydrogens (tertiary/aromatic N) is 2. The average molecular weight is 674 g/mol. The van der Waals surface area contributed by atoms with Gasteiger partial charge in [0.1, 0.15) is 5.58 Å². The van der Waals surface area contributed by atoms with Crippen molar-refractivity contribution in [2.75, 3.05) is 39.5 Å². The van der Waals surface area contributed by atoms with Crippen molar-refractivity contribution in [3.05, 3.63) is 35.6 Å². The fourth-order valence-electron chi connectivity index (χ4n) is 8.47. The minimum Gasteiger partial charge on any atom is -0.451 e. The summed E-state index contributed by atoms with van der Waals surface area (Å²) in [5.41, 5.74) is 1.16. The number of ketones is 1. The molecule has 47 heavy (non-hydrogen) atoms. The molecule has 2 aliphatic heterocycles. The molecule has 3 heterocycles. The summed E-state index contributed by atoms with van der Waals surface area (Å²) in [6.45, 7) is 3.06. The number of likely N-dealkylation sites (tertiary alicyclic amines) is 1. The van der Waals surface area contributed by atoms with Crippen molar-refractivity contribution in [1.29, 1.82) is 0 Å². The number of carbonyl (C=O) groups is 3. The number of alkyl halides is 1. The van der Waals surface area contributed by atoms with Gasteiger partial charge in [0.2, 0.25) is 5.91 Å². The van der Waals surface area contributed by atoms with Crippen LogP contribution < -0.4 is 4.72 Å². The molecule has 2 saturated heterocycles. The first-order chi connectivity index (χ1) is 22.6. The van der Waals surface area contributed by atoms with Gasteiger partial charge in [-0.25, -0.2) is 4.72 Å². The van der Waals surface area contributed by atoms with Crippen LogP contribution in [0, 0.1) is 29.6 Å². The molecule has 1 aromatic carbocycles. The van der Waals surface area contributed by atoms with E-state index in [1.165, 1.54) is 12.5 Å². The number of hydrogen-bond acceptors (Lipinski definition) is 7. The Hall–Kier alpha value is -2.83. The van der Waals surface area contributed by atoms with Gasteiger partial charge in [0.25, 0.3) is 0 Å². The Morgan fingerprint density at radius 1 is 0.957 bits per heavy atom. The first-order valence-corrected chi connectivity index (χ1v) is 18.9. The number of morpholine rings is 1. The molecular weight excluding hydrogens is 625 g/mol. The van der Waals surface area contributed by atoms with Crippen molar-refractivity contribution in [3.63, 3.8) is 0 Å². The molecule has 4 aliphatic rings. The third-order valence-corrected chi connectivity index (χ3v) is 12.7. The predicted octanol–water partition coefficient (Wildman–Crippen LogP) is 5.06. The molecule has 0 spiro atoms. The maximum Gasteiger partial charge on any atom is 0.304 e. The average Bonchev–Trinajstić information content (AvgIpc) is 3.73. The smallest absolute Gasteiger partial charge is 0.304 e. The quantitative estimate of drug-likeness (QED) is 0.374. The molecule has 10 nitrogen and oxygen atoms in total. The summed E-state index contributed by atoms with van der Waals surface area (Å²) in [7, 11) is -4.04. The number of fused-ring (bicyclic) bond motifs is 1. The Labute approximate surface area is 276 Å². The molecule has 4 fully saturated rings. The van der Waals surface area contributed by atoms with Crippen LogP contribution >= 0.6 is 0 Å². The molecule has 12 heteroatoms. The molecule has 6 rings (SSSR count). The monoisotopic (exact) mass is 673 g/mol. The van der Waals surface area contributed by atoms with Gasteiger partial charge in [-0.05, 0) is 79.5 Å². The lowest BCUT2D eigenvalue weighted by Crippen LogP contribution is -2.48. The van der Waals surface area contributed by atoms with Gasteiger partial charge in [0.05, 0.1) is 25.9 Å². The standard InChI is InChI=1S/C35H48FN3O7S/c1-23(22-36)25-8-10-27(11-9-25)35(42)39-14-13-29(26-5-3-2-4-6-26)33(39)30(40)20-24-7-12-31-28(19-24)21-32(46-31)34(41)37-47(43,44)38-15-17-45-18-16-38/h7,12,19,21,23,25-27,29,33H,2-6,8-11,13-18,20,22H2,1H3,(H,37,41)/t23-,25?,27?,29+,33+/m1/s1. The van der Waals surface area contributed by atoms with Crippen molar-refractivity contribution in [3.8, 4) is 0 Å². The zero-order valence-electron chi connectivity index (χ0n) is 27.3. The van der Waals surface area contributed by atoms with Gasteiger partial charge in [-0.3, -0.25) is 18.8 Å². The maximum atomic E-state index is 14.2. The van der Waals surface area contributed by atoms with E-state index in [9.17, 15) is 27.2 Å². The molecule has 258 valence electrons. The van der Waals surface area contributed by atoms with Crippen LogP contribution in [-0.4, -0.2) is 80.8 Å². The van der Waals surface area contributed by atoms with Gasteiger partial charge < -0.3 is 14.1 Å². The molecule has 0 radical (unpaired) electrons. The van der Waals surface area contributed by atoms with E-state index in [-0.39, 0.29) is 74.6 Å². The van der Waals surface area contributed by atoms with Gasteiger partial charge in [0.15, 0.2) is 11.5 Å². The largest absolute Gasteiger partial charge is 0.451 e. The van der Waals surface area contributed by atoms with Crippen molar-refractivity contribution in [2.45, 2.75) is 83.6 Å². The predicted molar refractivity (Wildman–Crippen MR) is 174 cm³/mol. The first kappa shape index (κ1) is 34.0. The number of amides is 2. The van der Waals surface area contributed by atoms with Crippen molar-refractivity contribution in [1.82, 2.24) is 13.9 Å². The van der Waals surface area contributed by atoms with Crippen molar-refractivity contribution >= 4 is 38.8 Å². The van der Waals surface area contributed by atoms with E-state index in [0.29, 0.717) is 29.3 Å². The van der Waals surface area contributed by atoms with Crippen LogP contribution in [0.5, 0.6) is 0 Å². The fraction of sp³-hybridized carbons (Fsp3) is 0.686.